The van der Waals surface area contributed by atoms with Crippen molar-refractivity contribution < 1.29 is 9.25 Å². The average molecular weight is 177 g/mol. The van der Waals surface area contributed by atoms with Crippen molar-refractivity contribution >= 4 is 11.0 Å². The van der Waals surface area contributed by atoms with Gasteiger partial charge in [0.2, 0.25) is 0 Å². The van der Waals surface area contributed by atoms with Crippen LogP contribution in [-0.4, -0.2) is 6.61 Å². The topological polar surface area (TPSA) is 48.4 Å². The van der Waals surface area contributed by atoms with E-state index in [1.54, 1.807) is 6.26 Å². The molecule has 68 valence electrons. The molecule has 0 saturated carbocycles. The second kappa shape index (κ2) is 3.60. The maximum Gasteiger partial charge on any atom is 0.133 e. The highest BCUT2D eigenvalue weighted by molar-refractivity contribution is 5.77. The number of benzene rings is 1. The van der Waals surface area contributed by atoms with E-state index in [0.717, 1.165) is 17.4 Å². The Morgan fingerprint density at radius 1 is 1.31 bits per heavy atom. The van der Waals surface area contributed by atoms with Crippen molar-refractivity contribution in [3.8, 4) is 0 Å². The predicted molar refractivity (Wildman–Crippen MR) is 50.1 cm³/mol. The molecule has 2 aromatic rings. The molecular weight excluding hydrogens is 166 g/mol. The highest BCUT2D eigenvalue weighted by Crippen LogP contribution is 2.16. The molecule has 0 fully saturated rings. The van der Waals surface area contributed by atoms with Crippen molar-refractivity contribution in [2.24, 2.45) is 5.90 Å². The first kappa shape index (κ1) is 8.29. The zero-order chi connectivity index (χ0) is 9.10. The first-order chi connectivity index (χ1) is 6.40. The molecule has 0 radical (unpaired) electrons. The Morgan fingerprint density at radius 3 is 3.08 bits per heavy atom. The van der Waals surface area contributed by atoms with Gasteiger partial charge in [-0.15, -0.1) is 0 Å². The molecule has 0 aliphatic heterocycles. The minimum atomic E-state index is 0.545. The molecule has 3 nitrogen and oxygen atoms in total. The molecule has 3 heteroatoms. The SMILES string of the molecule is NOCCc1ccc2occc2c1. The van der Waals surface area contributed by atoms with Gasteiger partial charge in [-0.05, 0) is 30.2 Å². The summed E-state index contributed by atoms with van der Waals surface area (Å²) in [7, 11) is 0. The summed E-state index contributed by atoms with van der Waals surface area (Å²) >= 11 is 0. The van der Waals surface area contributed by atoms with E-state index in [1.165, 1.54) is 5.56 Å². The summed E-state index contributed by atoms with van der Waals surface area (Å²) in [6, 6.07) is 8.01. The van der Waals surface area contributed by atoms with Crippen LogP contribution in [0.25, 0.3) is 11.0 Å². The largest absolute Gasteiger partial charge is 0.464 e. The third-order valence-corrected chi connectivity index (χ3v) is 2.03. The van der Waals surface area contributed by atoms with Gasteiger partial charge in [-0.3, -0.25) is 0 Å². The third kappa shape index (κ3) is 1.71. The molecule has 2 N–H and O–H groups in total. The summed E-state index contributed by atoms with van der Waals surface area (Å²) in [6.07, 6.45) is 2.52. The van der Waals surface area contributed by atoms with Crippen LogP contribution in [0.5, 0.6) is 0 Å². The van der Waals surface area contributed by atoms with E-state index < -0.39 is 0 Å². The van der Waals surface area contributed by atoms with Crippen LogP contribution in [0.3, 0.4) is 0 Å². The highest BCUT2D eigenvalue weighted by atomic mass is 16.6. The summed E-state index contributed by atoms with van der Waals surface area (Å²) in [5.74, 6) is 4.95. The Morgan fingerprint density at radius 2 is 2.23 bits per heavy atom. The minimum absolute atomic E-state index is 0.545. The Kier molecular flexibility index (Phi) is 2.29. The monoisotopic (exact) mass is 177 g/mol. The molecule has 0 aliphatic carbocycles. The number of fused-ring (bicyclic) bond motifs is 1. The highest BCUT2D eigenvalue weighted by Gasteiger charge is 1.98. The predicted octanol–water partition coefficient (Wildman–Crippen LogP) is 1.87. The summed E-state index contributed by atoms with van der Waals surface area (Å²) in [4.78, 5) is 4.52. The number of hydrogen-bond donors (Lipinski definition) is 1. The van der Waals surface area contributed by atoms with Crippen molar-refractivity contribution in [2.45, 2.75) is 6.42 Å². The van der Waals surface area contributed by atoms with Crippen LogP contribution in [0.15, 0.2) is 34.9 Å². The van der Waals surface area contributed by atoms with Crippen LogP contribution in [0.4, 0.5) is 0 Å². The Labute approximate surface area is 76.0 Å². The van der Waals surface area contributed by atoms with Crippen LogP contribution in [-0.2, 0) is 11.3 Å². The molecule has 0 saturated heterocycles. The lowest BCUT2D eigenvalue weighted by molar-refractivity contribution is 0.141. The molecule has 0 atom stereocenters. The maximum atomic E-state index is 5.22. The molecule has 0 bridgehead atoms. The number of furan rings is 1. The van der Waals surface area contributed by atoms with Gasteiger partial charge in [-0.1, -0.05) is 6.07 Å². The smallest absolute Gasteiger partial charge is 0.133 e. The van der Waals surface area contributed by atoms with Gasteiger partial charge in [0, 0.05) is 5.39 Å². The van der Waals surface area contributed by atoms with E-state index in [4.69, 9.17) is 10.3 Å². The number of nitrogens with two attached hydrogens (primary N) is 1. The van der Waals surface area contributed by atoms with Gasteiger partial charge in [-0.25, -0.2) is 5.90 Å². The summed E-state index contributed by atoms with van der Waals surface area (Å²) < 4.78 is 5.22. The molecule has 1 aromatic carbocycles. The van der Waals surface area contributed by atoms with Crippen molar-refractivity contribution in [2.75, 3.05) is 6.61 Å². The lowest BCUT2D eigenvalue weighted by Crippen LogP contribution is -2.03. The first-order valence-corrected chi connectivity index (χ1v) is 4.18. The van der Waals surface area contributed by atoms with Gasteiger partial charge in [-0.2, -0.15) is 0 Å². The van der Waals surface area contributed by atoms with Crippen LogP contribution < -0.4 is 5.90 Å². The average Bonchev–Trinajstić information content (AvgIpc) is 2.61. The van der Waals surface area contributed by atoms with Crippen molar-refractivity contribution in [3.63, 3.8) is 0 Å². The Balaban J connectivity index is 2.26. The lowest BCUT2D eigenvalue weighted by Gasteiger charge is -1.98. The normalized spacial score (nSPS) is 10.8. The maximum absolute atomic E-state index is 5.22. The molecule has 0 spiro atoms. The first-order valence-electron chi connectivity index (χ1n) is 4.18. The Bertz CT molecular complexity index is 394. The molecule has 1 aromatic heterocycles. The molecule has 1 heterocycles. The molecular formula is C10H11NO2. The van der Waals surface area contributed by atoms with Crippen molar-refractivity contribution in [1.29, 1.82) is 0 Å². The van der Waals surface area contributed by atoms with E-state index in [-0.39, 0.29) is 0 Å². The van der Waals surface area contributed by atoms with Crippen LogP contribution >= 0.6 is 0 Å². The summed E-state index contributed by atoms with van der Waals surface area (Å²) in [5, 5.41) is 1.12. The number of rotatable bonds is 3. The van der Waals surface area contributed by atoms with Crippen LogP contribution in [0.1, 0.15) is 5.56 Å². The fourth-order valence-corrected chi connectivity index (χ4v) is 1.35. The molecule has 13 heavy (non-hydrogen) atoms. The Hall–Kier alpha value is -1.32. The van der Waals surface area contributed by atoms with Gasteiger partial charge in [0.15, 0.2) is 0 Å². The van der Waals surface area contributed by atoms with Crippen LogP contribution in [0, 0.1) is 0 Å². The van der Waals surface area contributed by atoms with Gasteiger partial charge in [0.25, 0.3) is 0 Å². The lowest BCUT2D eigenvalue weighted by atomic mass is 10.1. The molecule has 2 rings (SSSR count). The summed E-state index contributed by atoms with van der Waals surface area (Å²) in [5.41, 5.74) is 2.12. The van der Waals surface area contributed by atoms with Crippen LogP contribution in [0.2, 0.25) is 0 Å². The fourth-order valence-electron chi connectivity index (χ4n) is 1.35. The van der Waals surface area contributed by atoms with E-state index in [0.29, 0.717) is 6.61 Å². The third-order valence-electron chi connectivity index (χ3n) is 2.03. The quantitative estimate of drug-likeness (QED) is 0.728. The van der Waals surface area contributed by atoms with Gasteiger partial charge in [0.1, 0.15) is 5.58 Å². The van der Waals surface area contributed by atoms with E-state index >= 15 is 0 Å². The van der Waals surface area contributed by atoms with E-state index in [2.05, 4.69) is 10.9 Å². The standard InChI is InChI=1S/C10H11NO2/c11-13-6-3-8-1-2-10-9(7-8)4-5-12-10/h1-2,4-5,7H,3,6,11H2. The second-order valence-corrected chi connectivity index (χ2v) is 2.91. The molecule has 0 unspecified atom stereocenters. The summed E-state index contributed by atoms with van der Waals surface area (Å²) in [6.45, 7) is 0.545. The number of hydrogen-bond acceptors (Lipinski definition) is 3. The van der Waals surface area contributed by atoms with Crippen molar-refractivity contribution in [1.82, 2.24) is 0 Å². The van der Waals surface area contributed by atoms with Gasteiger partial charge in [0.05, 0.1) is 12.9 Å². The zero-order valence-electron chi connectivity index (χ0n) is 7.19. The minimum Gasteiger partial charge on any atom is -0.464 e. The zero-order valence-corrected chi connectivity index (χ0v) is 7.19. The van der Waals surface area contributed by atoms with Gasteiger partial charge >= 0.3 is 0 Å². The molecule has 0 amide bonds. The molecule has 0 aliphatic rings. The fraction of sp³-hybridized carbons (Fsp3) is 0.200. The van der Waals surface area contributed by atoms with Crippen molar-refractivity contribution in [3.05, 3.63) is 36.1 Å². The van der Waals surface area contributed by atoms with Gasteiger partial charge < -0.3 is 9.25 Å². The van der Waals surface area contributed by atoms with E-state index in [1.807, 2.05) is 18.2 Å². The van der Waals surface area contributed by atoms with E-state index in [9.17, 15) is 0 Å². The second-order valence-electron chi connectivity index (χ2n) is 2.91.